The van der Waals surface area contributed by atoms with Crippen molar-refractivity contribution < 1.29 is 41.8 Å². The number of nitrogens with one attached hydrogen (secondary N) is 3. The van der Waals surface area contributed by atoms with Crippen molar-refractivity contribution in [3.05, 3.63) is 42.5 Å². The number of carbonyl (C=O) groups excluding carboxylic acids is 4. The highest BCUT2D eigenvalue weighted by Crippen LogP contribution is 2.46. The Hall–Kier alpha value is -4.40. The Morgan fingerprint density at radius 2 is 1.85 bits per heavy atom. The van der Waals surface area contributed by atoms with Crippen LogP contribution in [0.1, 0.15) is 86.0 Å². The maximum Gasteiger partial charge on any atom is 0.408 e. The summed E-state index contributed by atoms with van der Waals surface area (Å²) >= 11 is 0. The number of hydrogen-bond donors (Lipinski definition) is 3. The number of methoxy groups -OCH3 is 1. The minimum Gasteiger partial charge on any atom is -0.481 e. The third-order valence-electron chi connectivity index (χ3n) is 10.8. The van der Waals surface area contributed by atoms with Gasteiger partial charge < -0.3 is 29.7 Å². The zero-order valence-corrected chi connectivity index (χ0v) is 32.7. The molecule has 4 amide bonds. The highest BCUT2D eigenvalue weighted by atomic mass is 32.2. The van der Waals surface area contributed by atoms with Gasteiger partial charge in [-0.15, -0.1) is 0 Å². The molecular formula is C39H53N5O9S. The molecule has 3 N–H and O–H groups in total. The highest BCUT2D eigenvalue weighted by Gasteiger charge is 2.62. The number of benzene rings is 1. The number of nitrogens with zero attached hydrogens (tertiary/aromatic N) is 2. The molecule has 2 aromatic rings. The summed E-state index contributed by atoms with van der Waals surface area (Å²) in [5.74, 6) is -1.87. The van der Waals surface area contributed by atoms with Crippen LogP contribution in [0.4, 0.5) is 4.79 Å². The van der Waals surface area contributed by atoms with Crippen LogP contribution in [-0.4, -0.2) is 90.3 Å². The van der Waals surface area contributed by atoms with Crippen LogP contribution in [0.2, 0.25) is 0 Å². The maximum atomic E-state index is 14.9. The predicted molar refractivity (Wildman–Crippen MR) is 201 cm³/mol. The Kier molecular flexibility index (Phi) is 11.2. The quantitative estimate of drug-likeness (QED) is 0.327. The van der Waals surface area contributed by atoms with Gasteiger partial charge in [-0.05, 0) is 82.6 Å². The van der Waals surface area contributed by atoms with E-state index in [2.05, 4.69) is 27.3 Å². The topological polar surface area (TPSA) is 182 Å². The Morgan fingerprint density at radius 3 is 2.54 bits per heavy atom. The summed E-state index contributed by atoms with van der Waals surface area (Å²) in [5.41, 5.74) is -2.34. The van der Waals surface area contributed by atoms with Gasteiger partial charge in [0, 0.05) is 23.8 Å². The summed E-state index contributed by atoms with van der Waals surface area (Å²) < 4.78 is 45.5. The fourth-order valence-corrected chi connectivity index (χ4v) is 9.01. The average Bonchev–Trinajstić information content (AvgIpc) is 4.04. The number of sulfonamides is 1. The third kappa shape index (κ3) is 8.76. The minimum atomic E-state index is -3.90. The monoisotopic (exact) mass is 767 g/mol. The zero-order chi connectivity index (χ0) is 39.0. The van der Waals surface area contributed by atoms with Crippen LogP contribution in [0, 0.1) is 17.8 Å². The van der Waals surface area contributed by atoms with E-state index in [0.29, 0.717) is 43.4 Å². The number of amides is 4. The zero-order valence-electron chi connectivity index (χ0n) is 31.9. The first-order valence-electron chi connectivity index (χ1n) is 19.0. The smallest absolute Gasteiger partial charge is 0.408 e. The van der Waals surface area contributed by atoms with E-state index in [0.717, 1.165) is 11.8 Å². The Morgan fingerprint density at radius 1 is 1.11 bits per heavy atom. The summed E-state index contributed by atoms with van der Waals surface area (Å²) in [5, 5.41) is 6.66. The van der Waals surface area contributed by atoms with Crippen LogP contribution in [0.15, 0.2) is 42.5 Å². The SMILES string of the molecule is CC[C@@H]1C[C@H](C)CC/C=C\C2C[C@@]2(C(=O)NS(=O)(=O)C2CC2)NC(=O)[C@@H]2C[C@@H](Oc3nc(OC)cc4ccccc34)CN2C(=O)[C@H]1NC(=O)OC(C)(C)C. The second-order valence-corrected chi connectivity index (χ2v) is 18.2. The van der Waals surface area contributed by atoms with E-state index in [-0.39, 0.29) is 37.1 Å². The molecule has 3 heterocycles. The van der Waals surface area contributed by atoms with E-state index in [1.807, 2.05) is 43.3 Å². The van der Waals surface area contributed by atoms with Crippen molar-refractivity contribution >= 4 is 44.6 Å². The third-order valence-corrected chi connectivity index (χ3v) is 12.6. The van der Waals surface area contributed by atoms with E-state index in [4.69, 9.17) is 14.2 Å². The van der Waals surface area contributed by atoms with Crippen molar-refractivity contribution in [2.75, 3.05) is 13.7 Å². The number of hydrogen-bond acceptors (Lipinski definition) is 10. The van der Waals surface area contributed by atoms with Crippen molar-refractivity contribution in [1.29, 1.82) is 0 Å². The van der Waals surface area contributed by atoms with Gasteiger partial charge in [-0.2, -0.15) is 4.98 Å². The largest absolute Gasteiger partial charge is 0.481 e. The molecule has 0 radical (unpaired) electrons. The molecule has 3 fully saturated rings. The van der Waals surface area contributed by atoms with Gasteiger partial charge in [0.25, 0.3) is 5.91 Å². The number of carbonyl (C=O) groups is 4. The second-order valence-electron chi connectivity index (χ2n) is 16.3. The fraction of sp³-hybridized carbons (Fsp3) is 0.615. The summed E-state index contributed by atoms with van der Waals surface area (Å²) in [4.78, 5) is 62.4. The molecule has 294 valence electrons. The van der Waals surface area contributed by atoms with Gasteiger partial charge in [0.05, 0.1) is 18.9 Å². The van der Waals surface area contributed by atoms with E-state index >= 15 is 0 Å². The molecule has 0 bridgehead atoms. The Labute approximate surface area is 317 Å². The van der Waals surface area contributed by atoms with Crippen LogP contribution in [0.25, 0.3) is 10.8 Å². The number of allylic oxidation sites excluding steroid dienone is 1. The average molecular weight is 768 g/mol. The van der Waals surface area contributed by atoms with Crippen molar-refractivity contribution in [3.63, 3.8) is 0 Å². The molecule has 0 spiro atoms. The molecular weight excluding hydrogens is 715 g/mol. The molecule has 1 unspecified atom stereocenters. The summed E-state index contributed by atoms with van der Waals surface area (Å²) in [7, 11) is -2.40. The normalized spacial score (nSPS) is 29.8. The highest BCUT2D eigenvalue weighted by molar-refractivity contribution is 7.91. The van der Waals surface area contributed by atoms with Gasteiger partial charge in [-0.1, -0.05) is 50.6 Å². The molecule has 1 aromatic heterocycles. The van der Waals surface area contributed by atoms with Crippen LogP contribution in [0.3, 0.4) is 0 Å². The van der Waals surface area contributed by atoms with Crippen molar-refractivity contribution in [2.45, 2.75) is 121 Å². The van der Waals surface area contributed by atoms with E-state index in [9.17, 15) is 27.6 Å². The predicted octanol–water partition coefficient (Wildman–Crippen LogP) is 4.37. The molecule has 4 aliphatic rings. The fourth-order valence-electron chi connectivity index (χ4n) is 7.65. The molecule has 1 aromatic carbocycles. The molecule has 1 saturated heterocycles. The van der Waals surface area contributed by atoms with Gasteiger partial charge in [0.15, 0.2) is 0 Å². The van der Waals surface area contributed by atoms with E-state index < -0.39 is 74.3 Å². The Bertz CT molecular complexity index is 1910. The van der Waals surface area contributed by atoms with E-state index in [1.165, 1.54) is 12.0 Å². The first kappa shape index (κ1) is 39.3. The van der Waals surface area contributed by atoms with Crippen molar-refractivity contribution in [3.8, 4) is 11.8 Å². The van der Waals surface area contributed by atoms with E-state index in [1.54, 1.807) is 26.8 Å². The van der Waals surface area contributed by atoms with Gasteiger partial charge >= 0.3 is 6.09 Å². The number of rotatable bonds is 8. The molecule has 2 aliphatic carbocycles. The van der Waals surface area contributed by atoms with Gasteiger partial charge in [0.2, 0.25) is 33.6 Å². The van der Waals surface area contributed by atoms with Gasteiger partial charge in [-0.3, -0.25) is 19.1 Å². The van der Waals surface area contributed by atoms with Crippen LogP contribution in [-0.2, 0) is 29.1 Å². The first-order valence-corrected chi connectivity index (χ1v) is 20.5. The molecule has 14 nitrogen and oxygen atoms in total. The van der Waals surface area contributed by atoms with Crippen molar-refractivity contribution in [2.24, 2.45) is 17.8 Å². The van der Waals surface area contributed by atoms with Gasteiger partial charge in [-0.25, -0.2) is 13.2 Å². The van der Waals surface area contributed by atoms with Crippen molar-refractivity contribution in [1.82, 2.24) is 25.2 Å². The van der Waals surface area contributed by atoms with Crippen LogP contribution in [0.5, 0.6) is 11.8 Å². The number of aromatic nitrogens is 1. The minimum absolute atomic E-state index is 0.0266. The lowest BCUT2D eigenvalue weighted by molar-refractivity contribution is -0.142. The lowest BCUT2D eigenvalue weighted by Crippen LogP contribution is -2.59. The second kappa shape index (κ2) is 15.4. The summed E-state index contributed by atoms with van der Waals surface area (Å²) in [6, 6.07) is 7.11. The number of pyridine rings is 1. The molecule has 2 aliphatic heterocycles. The lowest BCUT2D eigenvalue weighted by Gasteiger charge is -2.34. The lowest BCUT2D eigenvalue weighted by atomic mass is 9.85. The van der Waals surface area contributed by atoms with Gasteiger partial charge in [0.1, 0.15) is 29.3 Å². The molecule has 6 rings (SSSR count). The van der Waals surface area contributed by atoms with Crippen LogP contribution >= 0.6 is 0 Å². The number of fused-ring (bicyclic) bond motifs is 3. The molecule has 54 heavy (non-hydrogen) atoms. The van der Waals surface area contributed by atoms with Crippen LogP contribution < -0.4 is 24.8 Å². The Balaban J connectivity index is 1.37. The first-order chi connectivity index (χ1) is 25.5. The molecule has 7 atom stereocenters. The summed E-state index contributed by atoms with van der Waals surface area (Å²) in [6.45, 7) is 9.26. The molecule has 2 saturated carbocycles. The molecule has 15 heteroatoms. The number of alkyl carbamates (subject to hydrolysis) is 1. The number of ether oxygens (including phenoxy) is 3. The standard InChI is InChI=1S/C39H53N5O9S/c1-7-24-18-23(2)12-8-10-14-26-21-39(26,36(47)43-54(49,50)28-16-17-28)42-33(45)30-20-27(22-44(30)35(46)32(24)41-37(48)53-38(3,4)5)52-34-29-15-11-9-13-25(29)19-31(40-34)51-6/h9-11,13-15,19,23-24,26-28,30,32H,7-8,12,16-18,20-22H2,1-6H3,(H,41,48)(H,42,45)(H,43,47)/b14-10-/t23-,24-,26?,27-,30+,32+,39-/m1/s1. The summed E-state index contributed by atoms with van der Waals surface area (Å²) in [6.07, 6.45) is 6.21. The maximum absolute atomic E-state index is 14.9.